The van der Waals surface area contributed by atoms with Crippen LogP contribution in [-0.2, 0) is 14.3 Å². The van der Waals surface area contributed by atoms with Crippen LogP contribution in [-0.4, -0.2) is 53.4 Å². The van der Waals surface area contributed by atoms with Gasteiger partial charge in [-0.3, -0.25) is 19.3 Å². The maximum absolute atomic E-state index is 11.9. The van der Waals surface area contributed by atoms with E-state index in [0.717, 1.165) is 22.2 Å². The zero-order valence-corrected chi connectivity index (χ0v) is 13.9. The van der Waals surface area contributed by atoms with Gasteiger partial charge in [0, 0.05) is 18.8 Å². The quantitative estimate of drug-likeness (QED) is 0.567. The number of carbonyl (C=O) groups is 4. The van der Waals surface area contributed by atoms with E-state index in [2.05, 4.69) is 5.32 Å². The summed E-state index contributed by atoms with van der Waals surface area (Å²) in [4.78, 5) is 47.4. The average Bonchev–Trinajstić information content (AvgIpc) is 2.87. The number of nitrogens with zero attached hydrogens (tertiary/aromatic N) is 1. The molecule has 0 atom stereocenters. The minimum Gasteiger partial charge on any atom is -0.452 e. The third-order valence-electron chi connectivity index (χ3n) is 3.38. The SMILES string of the molecule is Cc1cccc(C(=O)OCC(=O)NCCN2C(=O)CSC2=O)c1N. The summed E-state index contributed by atoms with van der Waals surface area (Å²) in [5.41, 5.74) is 7.05. The van der Waals surface area contributed by atoms with Gasteiger partial charge in [0.25, 0.3) is 11.1 Å². The average molecular weight is 351 g/mol. The first-order valence-corrected chi connectivity index (χ1v) is 8.14. The van der Waals surface area contributed by atoms with E-state index < -0.39 is 18.5 Å². The van der Waals surface area contributed by atoms with Crippen molar-refractivity contribution in [2.24, 2.45) is 0 Å². The summed E-state index contributed by atoms with van der Waals surface area (Å²) >= 11 is 0.930. The topological polar surface area (TPSA) is 119 Å². The van der Waals surface area contributed by atoms with Gasteiger partial charge >= 0.3 is 5.97 Å². The number of thioether (sulfide) groups is 1. The van der Waals surface area contributed by atoms with Crippen LogP contribution in [0.25, 0.3) is 0 Å². The predicted molar refractivity (Wildman–Crippen MR) is 88.5 cm³/mol. The van der Waals surface area contributed by atoms with Gasteiger partial charge in [0.05, 0.1) is 11.3 Å². The summed E-state index contributed by atoms with van der Waals surface area (Å²) in [7, 11) is 0. The van der Waals surface area contributed by atoms with E-state index in [-0.39, 0.29) is 35.6 Å². The summed E-state index contributed by atoms with van der Waals surface area (Å²) in [6.07, 6.45) is 0. The van der Waals surface area contributed by atoms with Gasteiger partial charge in [0.15, 0.2) is 6.61 Å². The lowest BCUT2D eigenvalue weighted by Gasteiger charge is -2.13. The highest BCUT2D eigenvalue weighted by molar-refractivity contribution is 8.14. The van der Waals surface area contributed by atoms with Gasteiger partial charge in [-0.2, -0.15) is 0 Å². The molecule has 24 heavy (non-hydrogen) atoms. The van der Waals surface area contributed by atoms with E-state index in [9.17, 15) is 19.2 Å². The third-order valence-corrected chi connectivity index (χ3v) is 4.24. The fraction of sp³-hybridized carbons (Fsp3) is 0.333. The molecule has 0 bridgehead atoms. The Bertz CT molecular complexity index is 676. The molecule has 3 N–H and O–H groups in total. The molecule has 0 unspecified atom stereocenters. The number of rotatable bonds is 6. The largest absolute Gasteiger partial charge is 0.452 e. The first kappa shape index (κ1) is 17.8. The van der Waals surface area contributed by atoms with Crippen LogP contribution in [0.2, 0.25) is 0 Å². The summed E-state index contributed by atoms with van der Waals surface area (Å²) in [6, 6.07) is 4.95. The van der Waals surface area contributed by atoms with E-state index in [4.69, 9.17) is 10.5 Å². The summed E-state index contributed by atoms with van der Waals surface area (Å²) in [5.74, 6) is -1.36. The Morgan fingerprint density at radius 2 is 2.12 bits per heavy atom. The molecule has 0 aliphatic carbocycles. The van der Waals surface area contributed by atoms with Gasteiger partial charge in [0.1, 0.15) is 0 Å². The van der Waals surface area contributed by atoms with Crippen LogP contribution in [0, 0.1) is 6.92 Å². The fourth-order valence-electron chi connectivity index (χ4n) is 2.02. The van der Waals surface area contributed by atoms with Crippen LogP contribution in [0.5, 0.6) is 0 Å². The number of hydrogen-bond donors (Lipinski definition) is 2. The van der Waals surface area contributed by atoms with Gasteiger partial charge in [-0.25, -0.2) is 4.79 Å². The Hall–Kier alpha value is -2.55. The number of ether oxygens (including phenoxy) is 1. The van der Waals surface area contributed by atoms with Crippen LogP contribution in [0.3, 0.4) is 0 Å². The zero-order chi connectivity index (χ0) is 17.7. The highest BCUT2D eigenvalue weighted by Gasteiger charge is 2.29. The van der Waals surface area contributed by atoms with Crippen molar-refractivity contribution < 1.29 is 23.9 Å². The first-order valence-electron chi connectivity index (χ1n) is 7.16. The Labute approximate surface area is 142 Å². The molecular formula is C15H17N3O5S. The van der Waals surface area contributed by atoms with E-state index in [1.807, 2.05) is 0 Å². The Morgan fingerprint density at radius 3 is 2.79 bits per heavy atom. The molecule has 1 aromatic rings. The zero-order valence-electron chi connectivity index (χ0n) is 13.0. The van der Waals surface area contributed by atoms with Crippen LogP contribution < -0.4 is 11.1 Å². The van der Waals surface area contributed by atoms with Crippen molar-refractivity contribution in [3.63, 3.8) is 0 Å². The van der Waals surface area contributed by atoms with Crippen molar-refractivity contribution in [1.29, 1.82) is 0 Å². The second-order valence-corrected chi connectivity index (χ2v) is 5.99. The molecule has 0 spiro atoms. The Balaban J connectivity index is 1.75. The van der Waals surface area contributed by atoms with Crippen LogP contribution >= 0.6 is 11.8 Å². The minimum absolute atomic E-state index is 0.0924. The molecule has 1 aliphatic heterocycles. The number of nitrogens with two attached hydrogens (primary N) is 1. The van der Waals surface area contributed by atoms with Crippen molar-refractivity contribution in [3.05, 3.63) is 29.3 Å². The van der Waals surface area contributed by atoms with Gasteiger partial charge < -0.3 is 15.8 Å². The van der Waals surface area contributed by atoms with Crippen LogP contribution in [0.4, 0.5) is 10.5 Å². The number of esters is 1. The smallest absolute Gasteiger partial charge is 0.340 e. The standard InChI is InChI=1S/C15H17N3O5S/c1-9-3-2-4-10(13(9)16)14(21)23-7-11(19)17-5-6-18-12(20)8-24-15(18)22/h2-4H,5-8,16H2,1H3,(H,17,19). The molecular weight excluding hydrogens is 334 g/mol. The molecule has 1 aromatic carbocycles. The summed E-state index contributed by atoms with van der Waals surface area (Å²) in [6.45, 7) is 1.48. The number of aryl methyl sites for hydroxylation is 1. The van der Waals surface area contributed by atoms with Gasteiger partial charge in [0.2, 0.25) is 5.91 Å². The van der Waals surface area contributed by atoms with Gasteiger partial charge in [-0.1, -0.05) is 23.9 Å². The molecule has 0 saturated carbocycles. The lowest BCUT2D eigenvalue weighted by atomic mass is 10.1. The van der Waals surface area contributed by atoms with Gasteiger partial charge in [-0.05, 0) is 18.6 Å². The maximum Gasteiger partial charge on any atom is 0.340 e. The molecule has 2 rings (SSSR count). The minimum atomic E-state index is -0.687. The molecule has 1 aliphatic rings. The normalized spacial score (nSPS) is 14.0. The number of anilines is 1. The van der Waals surface area contributed by atoms with E-state index >= 15 is 0 Å². The van der Waals surface area contributed by atoms with Gasteiger partial charge in [-0.15, -0.1) is 0 Å². The molecule has 1 heterocycles. The lowest BCUT2D eigenvalue weighted by molar-refractivity contribution is -0.126. The van der Waals surface area contributed by atoms with Crippen molar-refractivity contribution in [2.75, 3.05) is 31.2 Å². The molecule has 1 saturated heterocycles. The van der Waals surface area contributed by atoms with E-state index in [1.165, 1.54) is 6.07 Å². The van der Waals surface area contributed by atoms with Crippen LogP contribution in [0.1, 0.15) is 15.9 Å². The van der Waals surface area contributed by atoms with Crippen LogP contribution in [0.15, 0.2) is 18.2 Å². The van der Waals surface area contributed by atoms with E-state index in [1.54, 1.807) is 19.1 Å². The number of nitrogens with one attached hydrogen (secondary N) is 1. The van der Waals surface area contributed by atoms with E-state index in [0.29, 0.717) is 5.69 Å². The van der Waals surface area contributed by atoms with Crippen molar-refractivity contribution >= 4 is 40.5 Å². The predicted octanol–water partition coefficient (Wildman–Crippen LogP) is 0.546. The molecule has 8 nitrogen and oxygen atoms in total. The number of benzene rings is 1. The number of hydrogen-bond acceptors (Lipinski definition) is 7. The molecule has 0 radical (unpaired) electrons. The summed E-state index contributed by atoms with van der Waals surface area (Å²) < 4.78 is 4.91. The number of carbonyl (C=O) groups excluding carboxylic acids is 4. The highest BCUT2D eigenvalue weighted by Crippen LogP contribution is 2.18. The summed E-state index contributed by atoms with van der Waals surface area (Å²) in [5, 5.41) is 2.16. The monoisotopic (exact) mass is 351 g/mol. The molecule has 1 fully saturated rings. The van der Waals surface area contributed by atoms with Crippen molar-refractivity contribution in [3.8, 4) is 0 Å². The molecule has 128 valence electrons. The second-order valence-electron chi connectivity index (χ2n) is 5.06. The lowest BCUT2D eigenvalue weighted by Crippen LogP contribution is -2.38. The first-order chi connectivity index (χ1) is 11.4. The second kappa shape index (κ2) is 7.82. The fourth-order valence-corrected chi connectivity index (χ4v) is 2.77. The number of imide groups is 1. The highest BCUT2D eigenvalue weighted by atomic mass is 32.2. The van der Waals surface area contributed by atoms with Crippen molar-refractivity contribution in [2.45, 2.75) is 6.92 Å². The third kappa shape index (κ3) is 4.25. The Kier molecular flexibility index (Phi) is 5.80. The molecule has 0 aromatic heterocycles. The Morgan fingerprint density at radius 1 is 1.38 bits per heavy atom. The number of amides is 3. The molecule has 3 amide bonds. The number of para-hydroxylation sites is 1. The number of nitrogen functional groups attached to an aromatic ring is 1. The van der Waals surface area contributed by atoms with Crippen molar-refractivity contribution in [1.82, 2.24) is 10.2 Å². The maximum atomic E-state index is 11.9. The molecule has 9 heteroatoms.